The van der Waals surface area contributed by atoms with Gasteiger partial charge in [0.25, 0.3) is 0 Å². The number of rotatable bonds is 2. The predicted octanol–water partition coefficient (Wildman–Crippen LogP) is 2.96. The molecule has 0 aliphatic heterocycles. The van der Waals surface area contributed by atoms with Crippen molar-refractivity contribution in [2.45, 2.75) is 16.7 Å². The van der Waals surface area contributed by atoms with Crippen LogP contribution in [0.4, 0.5) is 5.82 Å². The third-order valence-corrected chi connectivity index (χ3v) is 5.13. The molecule has 2 N–H and O–H groups in total. The second-order valence-electron chi connectivity index (χ2n) is 4.88. The van der Waals surface area contributed by atoms with E-state index in [4.69, 9.17) is 5.73 Å². The summed E-state index contributed by atoms with van der Waals surface area (Å²) >= 11 is 0. The van der Waals surface area contributed by atoms with Gasteiger partial charge in [0.1, 0.15) is 5.82 Å². The van der Waals surface area contributed by atoms with Gasteiger partial charge in [-0.15, -0.1) is 0 Å². The maximum atomic E-state index is 12.8. The van der Waals surface area contributed by atoms with Gasteiger partial charge in [-0.05, 0) is 37.3 Å². The Labute approximate surface area is 123 Å². The number of hydrogen-bond donors (Lipinski definition) is 1. The van der Waals surface area contributed by atoms with E-state index in [2.05, 4.69) is 4.98 Å². The van der Waals surface area contributed by atoms with Crippen molar-refractivity contribution in [2.75, 3.05) is 5.73 Å². The van der Waals surface area contributed by atoms with Crippen LogP contribution in [-0.4, -0.2) is 13.4 Å². The molecule has 3 aromatic rings. The summed E-state index contributed by atoms with van der Waals surface area (Å²) < 4.78 is 25.6. The molecule has 2 aromatic carbocycles. The zero-order chi connectivity index (χ0) is 15.0. The number of hydrogen-bond acceptors (Lipinski definition) is 4. The maximum Gasteiger partial charge on any atom is 0.208 e. The molecule has 0 aliphatic rings. The number of pyridine rings is 1. The quantitative estimate of drug-likeness (QED) is 0.789. The number of fused-ring (bicyclic) bond motifs is 1. The van der Waals surface area contributed by atoms with Crippen LogP contribution in [0.3, 0.4) is 0 Å². The van der Waals surface area contributed by atoms with Gasteiger partial charge in [0.2, 0.25) is 9.84 Å². The molecule has 0 spiro atoms. The molecular formula is C16H14N2O2S. The molecule has 1 aromatic heterocycles. The van der Waals surface area contributed by atoms with Crippen LogP contribution in [0, 0.1) is 6.92 Å². The number of nitrogens with zero attached hydrogens (tertiary/aromatic N) is 1. The monoisotopic (exact) mass is 298 g/mol. The molecule has 4 nitrogen and oxygen atoms in total. The van der Waals surface area contributed by atoms with Crippen LogP contribution in [0.25, 0.3) is 10.9 Å². The first-order valence-corrected chi connectivity index (χ1v) is 7.94. The van der Waals surface area contributed by atoms with E-state index in [1.807, 2.05) is 13.0 Å². The number of aromatic nitrogens is 1. The standard InChI is InChI=1S/C16H14N2O2S/c1-11-5-8-13(9-6-11)21(19,20)14-4-2-3-12-7-10-15(17)18-16(12)14/h2-10H,1H3,(H2,17,18). The van der Waals surface area contributed by atoms with E-state index in [1.165, 1.54) is 0 Å². The van der Waals surface area contributed by atoms with E-state index in [9.17, 15) is 8.42 Å². The molecule has 0 unspecified atom stereocenters. The fourth-order valence-corrected chi connectivity index (χ4v) is 3.62. The van der Waals surface area contributed by atoms with E-state index < -0.39 is 9.84 Å². The first kappa shape index (κ1) is 13.6. The number of para-hydroxylation sites is 1. The Morgan fingerprint density at radius 2 is 1.67 bits per heavy atom. The topological polar surface area (TPSA) is 73.0 Å². The molecule has 1 heterocycles. The van der Waals surface area contributed by atoms with Crippen LogP contribution in [-0.2, 0) is 9.84 Å². The number of anilines is 1. The highest BCUT2D eigenvalue weighted by Gasteiger charge is 2.21. The van der Waals surface area contributed by atoms with Gasteiger partial charge < -0.3 is 5.73 Å². The summed E-state index contributed by atoms with van der Waals surface area (Å²) in [5.74, 6) is 0.300. The minimum Gasteiger partial charge on any atom is -0.384 e. The molecule has 0 saturated carbocycles. The Morgan fingerprint density at radius 1 is 0.952 bits per heavy atom. The molecule has 0 bridgehead atoms. The molecule has 0 radical (unpaired) electrons. The predicted molar refractivity (Wildman–Crippen MR) is 82.8 cm³/mol. The number of aryl methyl sites for hydroxylation is 1. The largest absolute Gasteiger partial charge is 0.384 e. The van der Waals surface area contributed by atoms with Gasteiger partial charge in [0.15, 0.2) is 0 Å². The van der Waals surface area contributed by atoms with Crippen molar-refractivity contribution in [3.63, 3.8) is 0 Å². The van der Waals surface area contributed by atoms with Crippen molar-refractivity contribution in [1.82, 2.24) is 4.98 Å². The van der Waals surface area contributed by atoms with Crippen LogP contribution in [0.2, 0.25) is 0 Å². The van der Waals surface area contributed by atoms with Crippen LogP contribution in [0.15, 0.2) is 64.4 Å². The summed E-state index contributed by atoms with van der Waals surface area (Å²) in [6, 6.07) is 15.3. The third kappa shape index (κ3) is 2.36. The molecule has 106 valence electrons. The van der Waals surface area contributed by atoms with Gasteiger partial charge in [-0.3, -0.25) is 0 Å². The fourth-order valence-electron chi connectivity index (χ4n) is 2.20. The smallest absolute Gasteiger partial charge is 0.208 e. The van der Waals surface area contributed by atoms with Crippen molar-refractivity contribution in [2.24, 2.45) is 0 Å². The molecule has 0 amide bonds. The Bertz CT molecular complexity index is 917. The Hall–Kier alpha value is -2.40. The summed E-state index contributed by atoms with van der Waals surface area (Å²) in [6.45, 7) is 1.91. The molecule has 5 heteroatoms. The second-order valence-corrected chi connectivity index (χ2v) is 6.80. The van der Waals surface area contributed by atoms with Crippen molar-refractivity contribution < 1.29 is 8.42 Å². The van der Waals surface area contributed by atoms with Crippen molar-refractivity contribution in [3.8, 4) is 0 Å². The lowest BCUT2D eigenvalue weighted by Crippen LogP contribution is -2.04. The second kappa shape index (κ2) is 4.86. The summed E-state index contributed by atoms with van der Waals surface area (Å²) in [6.07, 6.45) is 0. The summed E-state index contributed by atoms with van der Waals surface area (Å²) in [5.41, 5.74) is 7.10. The lowest BCUT2D eigenvalue weighted by atomic mass is 10.2. The van der Waals surface area contributed by atoms with E-state index in [1.54, 1.807) is 48.5 Å². The summed E-state index contributed by atoms with van der Waals surface area (Å²) in [4.78, 5) is 4.62. The minimum absolute atomic E-state index is 0.177. The van der Waals surface area contributed by atoms with Gasteiger partial charge in [0, 0.05) is 5.39 Å². The highest BCUT2D eigenvalue weighted by Crippen LogP contribution is 2.27. The molecule has 0 saturated heterocycles. The lowest BCUT2D eigenvalue weighted by molar-refractivity contribution is 0.597. The van der Waals surface area contributed by atoms with Gasteiger partial charge in [-0.25, -0.2) is 13.4 Å². The lowest BCUT2D eigenvalue weighted by Gasteiger charge is -2.08. The van der Waals surface area contributed by atoms with Crippen molar-refractivity contribution in [3.05, 3.63) is 60.2 Å². The first-order valence-electron chi connectivity index (χ1n) is 6.45. The highest BCUT2D eigenvalue weighted by atomic mass is 32.2. The molecule has 3 rings (SSSR count). The van der Waals surface area contributed by atoms with Crippen molar-refractivity contribution in [1.29, 1.82) is 0 Å². The van der Waals surface area contributed by atoms with Crippen LogP contribution >= 0.6 is 0 Å². The van der Waals surface area contributed by atoms with Crippen molar-refractivity contribution >= 4 is 26.6 Å². The van der Waals surface area contributed by atoms with Gasteiger partial charge in [-0.1, -0.05) is 29.8 Å². The van der Waals surface area contributed by atoms with Gasteiger partial charge in [0.05, 0.1) is 15.3 Å². The summed E-state index contributed by atoms with van der Waals surface area (Å²) in [7, 11) is -3.62. The number of sulfone groups is 1. The Kier molecular flexibility index (Phi) is 3.14. The fraction of sp³-hybridized carbons (Fsp3) is 0.0625. The maximum absolute atomic E-state index is 12.8. The average Bonchev–Trinajstić information content (AvgIpc) is 2.47. The van der Waals surface area contributed by atoms with Crippen LogP contribution in [0.5, 0.6) is 0 Å². The van der Waals surface area contributed by atoms with E-state index in [-0.39, 0.29) is 9.79 Å². The van der Waals surface area contributed by atoms with Crippen LogP contribution in [0.1, 0.15) is 5.56 Å². The summed E-state index contributed by atoms with van der Waals surface area (Å²) in [5, 5.41) is 0.748. The van der Waals surface area contributed by atoms with Gasteiger partial charge in [-0.2, -0.15) is 0 Å². The zero-order valence-electron chi connectivity index (χ0n) is 11.4. The molecular weight excluding hydrogens is 284 g/mol. The Morgan fingerprint density at radius 3 is 2.38 bits per heavy atom. The molecule has 21 heavy (non-hydrogen) atoms. The SMILES string of the molecule is Cc1ccc(S(=O)(=O)c2cccc3ccc(N)nc23)cc1. The molecule has 0 atom stereocenters. The number of nitrogen functional groups attached to an aromatic ring is 1. The average molecular weight is 298 g/mol. The Balaban J connectivity index is 2.28. The molecule has 0 fully saturated rings. The molecule has 0 aliphatic carbocycles. The van der Waals surface area contributed by atoms with E-state index >= 15 is 0 Å². The first-order chi connectivity index (χ1) is 9.98. The zero-order valence-corrected chi connectivity index (χ0v) is 12.3. The van der Waals surface area contributed by atoms with E-state index in [0.717, 1.165) is 10.9 Å². The highest BCUT2D eigenvalue weighted by molar-refractivity contribution is 7.91. The number of nitrogens with two attached hydrogens (primary N) is 1. The normalized spacial score (nSPS) is 11.7. The minimum atomic E-state index is -3.62. The van der Waals surface area contributed by atoms with Gasteiger partial charge >= 0.3 is 0 Å². The number of benzene rings is 2. The van der Waals surface area contributed by atoms with Crippen LogP contribution < -0.4 is 5.73 Å². The van der Waals surface area contributed by atoms with E-state index in [0.29, 0.717) is 11.3 Å². The third-order valence-electron chi connectivity index (χ3n) is 3.33.